The molecule has 0 atom stereocenters. The Morgan fingerprint density at radius 3 is 3.00 bits per heavy atom. The maximum atomic E-state index is 13.4. The Morgan fingerprint density at radius 1 is 1.53 bits per heavy atom. The zero-order valence-electron chi connectivity index (χ0n) is 9.98. The third-order valence-electron chi connectivity index (χ3n) is 2.23. The first-order chi connectivity index (χ1) is 9.04. The SMILES string of the molecule is Cc1nc(/C=C\C(=O)Nc2cc(Cl)ccc2F)cs1. The molecule has 3 nitrogen and oxygen atoms in total. The molecule has 2 aromatic rings. The first-order valence-electron chi connectivity index (χ1n) is 5.41. The average Bonchev–Trinajstić information content (AvgIpc) is 2.77. The number of halogens is 2. The number of amides is 1. The van der Waals surface area contributed by atoms with E-state index in [-0.39, 0.29) is 5.69 Å². The molecule has 2 rings (SSSR count). The quantitative estimate of drug-likeness (QED) is 0.873. The number of anilines is 1. The number of hydrogen-bond acceptors (Lipinski definition) is 3. The van der Waals surface area contributed by atoms with Crippen molar-refractivity contribution in [1.29, 1.82) is 0 Å². The van der Waals surface area contributed by atoms with E-state index >= 15 is 0 Å². The molecule has 1 aromatic carbocycles. The van der Waals surface area contributed by atoms with Crippen LogP contribution in [0.4, 0.5) is 10.1 Å². The smallest absolute Gasteiger partial charge is 0.248 e. The molecule has 1 heterocycles. The third-order valence-corrected chi connectivity index (χ3v) is 3.26. The molecule has 0 aliphatic heterocycles. The van der Waals surface area contributed by atoms with Gasteiger partial charge in [0.25, 0.3) is 0 Å². The summed E-state index contributed by atoms with van der Waals surface area (Å²) < 4.78 is 13.4. The summed E-state index contributed by atoms with van der Waals surface area (Å²) in [5.41, 5.74) is 0.751. The monoisotopic (exact) mass is 296 g/mol. The fourth-order valence-electron chi connectivity index (χ4n) is 1.39. The highest BCUT2D eigenvalue weighted by Crippen LogP contribution is 2.19. The lowest BCUT2D eigenvalue weighted by molar-refractivity contribution is -0.111. The van der Waals surface area contributed by atoms with E-state index in [1.807, 2.05) is 12.3 Å². The number of hydrogen-bond donors (Lipinski definition) is 1. The van der Waals surface area contributed by atoms with Crippen LogP contribution in [0.25, 0.3) is 6.08 Å². The second-order valence-corrected chi connectivity index (χ2v) is 5.24. The Balaban J connectivity index is 2.05. The molecule has 0 radical (unpaired) electrons. The number of thiazole rings is 1. The molecular weight excluding hydrogens is 287 g/mol. The molecule has 98 valence electrons. The van der Waals surface area contributed by atoms with Crippen molar-refractivity contribution in [3.63, 3.8) is 0 Å². The average molecular weight is 297 g/mol. The van der Waals surface area contributed by atoms with Gasteiger partial charge in [0.1, 0.15) is 5.82 Å². The summed E-state index contributed by atoms with van der Waals surface area (Å²) in [7, 11) is 0. The van der Waals surface area contributed by atoms with E-state index in [1.165, 1.54) is 35.6 Å². The first kappa shape index (κ1) is 13.7. The second-order valence-electron chi connectivity index (χ2n) is 3.74. The lowest BCUT2D eigenvalue weighted by atomic mass is 10.3. The van der Waals surface area contributed by atoms with Crippen LogP contribution in [0.15, 0.2) is 29.7 Å². The molecule has 0 aliphatic rings. The Morgan fingerprint density at radius 2 is 2.32 bits per heavy atom. The van der Waals surface area contributed by atoms with E-state index in [0.29, 0.717) is 10.7 Å². The fraction of sp³-hybridized carbons (Fsp3) is 0.0769. The van der Waals surface area contributed by atoms with Crippen molar-refractivity contribution in [3.05, 3.63) is 51.2 Å². The topological polar surface area (TPSA) is 42.0 Å². The second kappa shape index (κ2) is 5.95. The van der Waals surface area contributed by atoms with Crippen LogP contribution in [0.3, 0.4) is 0 Å². The van der Waals surface area contributed by atoms with E-state index in [0.717, 1.165) is 5.01 Å². The van der Waals surface area contributed by atoms with Crippen LogP contribution in [-0.2, 0) is 4.79 Å². The number of nitrogens with zero attached hydrogens (tertiary/aromatic N) is 1. The molecule has 1 aromatic heterocycles. The summed E-state index contributed by atoms with van der Waals surface area (Å²) in [6.07, 6.45) is 2.87. The zero-order valence-corrected chi connectivity index (χ0v) is 11.6. The van der Waals surface area contributed by atoms with E-state index in [1.54, 1.807) is 6.08 Å². The van der Waals surface area contributed by atoms with E-state index in [4.69, 9.17) is 11.6 Å². The van der Waals surface area contributed by atoms with Gasteiger partial charge in [0.05, 0.1) is 16.4 Å². The van der Waals surface area contributed by atoms with Crippen molar-refractivity contribution < 1.29 is 9.18 Å². The summed E-state index contributed by atoms with van der Waals surface area (Å²) in [6, 6.07) is 3.97. The number of nitrogens with one attached hydrogen (secondary N) is 1. The molecule has 0 unspecified atom stereocenters. The lowest BCUT2D eigenvalue weighted by Gasteiger charge is -2.03. The van der Waals surface area contributed by atoms with Crippen LogP contribution in [-0.4, -0.2) is 10.9 Å². The maximum Gasteiger partial charge on any atom is 0.248 e. The van der Waals surface area contributed by atoms with Crippen LogP contribution in [0.5, 0.6) is 0 Å². The largest absolute Gasteiger partial charge is 0.320 e. The van der Waals surface area contributed by atoms with Crippen LogP contribution in [0.2, 0.25) is 5.02 Å². The Labute approximate surface area is 118 Å². The number of benzene rings is 1. The van der Waals surface area contributed by atoms with Crippen LogP contribution in [0.1, 0.15) is 10.7 Å². The molecule has 1 N–H and O–H groups in total. The van der Waals surface area contributed by atoms with Crippen molar-refractivity contribution in [1.82, 2.24) is 4.98 Å². The van der Waals surface area contributed by atoms with Gasteiger partial charge < -0.3 is 5.32 Å². The molecule has 6 heteroatoms. The summed E-state index contributed by atoms with van der Waals surface area (Å²) in [5, 5.41) is 5.53. The predicted octanol–water partition coefficient (Wildman–Crippen LogP) is 3.90. The molecular formula is C13H10ClFN2OS. The number of carbonyl (C=O) groups excluding carboxylic acids is 1. The molecule has 1 amide bonds. The van der Waals surface area contributed by atoms with Gasteiger partial charge in [0.15, 0.2) is 0 Å². The van der Waals surface area contributed by atoms with Gasteiger partial charge in [-0.25, -0.2) is 9.37 Å². The molecule has 0 saturated carbocycles. The van der Waals surface area contributed by atoms with Gasteiger partial charge in [0.2, 0.25) is 5.91 Å². The zero-order chi connectivity index (χ0) is 13.8. The number of rotatable bonds is 3. The number of aromatic nitrogens is 1. The molecule has 0 fully saturated rings. The molecule has 19 heavy (non-hydrogen) atoms. The Bertz CT molecular complexity index is 639. The molecule has 0 saturated heterocycles. The summed E-state index contributed by atoms with van der Waals surface area (Å²) in [5.74, 6) is -0.970. The maximum absolute atomic E-state index is 13.4. The van der Waals surface area contributed by atoms with Crippen LogP contribution < -0.4 is 5.32 Å². The van der Waals surface area contributed by atoms with Gasteiger partial charge in [-0.3, -0.25) is 4.79 Å². The van der Waals surface area contributed by atoms with Gasteiger partial charge in [-0.05, 0) is 31.2 Å². The minimum Gasteiger partial charge on any atom is -0.320 e. The Hall–Kier alpha value is -1.72. The van der Waals surface area contributed by atoms with Gasteiger partial charge in [-0.15, -0.1) is 11.3 Å². The first-order valence-corrected chi connectivity index (χ1v) is 6.66. The predicted molar refractivity (Wildman–Crippen MR) is 75.9 cm³/mol. The number of aryl methyl sites for hydroxylation is 1. The van der Waals surface area contributed by atoms with E-state index < -0.39 is 11.7 Å². The summed E-state index contributed by atoms with van der Waals surface area (Å²) in [4.78, 5) is 15.8. The van der Waals surface area contributed by atoms with Crippen molar-refractivity contribution in [2.24, 2.45) is 0 Å². The van der Waals surface area contributed by atoms with E-state index in [9.17, 15) is 9.18 Å². The van der Waals surface area contributed by atoms with Gasteiger partial charge in [-0.1, -0.05) is 11.6 Å². The summed E-state index contributed by atoms with van der Waals surface area (Å²) >= 11 is 7.22. The van der Waals surface area contributed by atoms with Gasteiger partial charge in [0, 0.05) is 16.5 Å². The van der Waals surface area contributed by atoms with Gasteiger partial charge in [-0.2, -0.15) is 0 Å². The normalized spacial score (nSPS) is 10.9. The molecule has 0 bridgehead atoms. The van der Waals surface area contributed by atoms with E-state index in [2.05, 4.69) is 10.3 Å². The third kappa shape index (κ3) is 3.87. The molecule has 0 aliphatic carbocycles. The highest BCUT2D eigenvalue weighted by atomic mass is 35.5. The van der Waals surface area contributed by atoms with Gasteiger partial charge >= 0.3 is 0 Å². The number of carbonyl (C=O) groups is 1. The fourth-order valence-corrected chi connectivity index (χ4v) is 2.14. The standard InChI is InChI=1S/C13H10ClFN2OS/c1-8-16-10(7-19-8)3-5-13(18)17-12-6-9(14)2-4-11(12)15/h2-7H,1H3,(H,17,18)/b5-3-. The van der Waals surface area contributed by atoms with Crippen LogP contribution >= 0.6 is 22.9 Å². The van der Waals surface area contributed by atoms with Crippen molar-refractivity contribution in [2.75, 3.05) is 5.32 Å². The summed E-state index contributed by atoms with van der Waals surface area (Å²) in [6.45, 7) is 1.88. The highest BCUT2D eigenvalue weighted by molar-refractivity contribution is 7.09. The Kier molecular flexibility index (Phi) is 4.29. The van der Waals surface area contributed by atoms with Crippen LogP contribution in [0, 0.1) is 12.7 Å². The minimum absolute atomic E-state index is 0.0524. The molecule has 0 spiro atoms. The lowest BCUT2D eigenvalue weighted by Crippen LogP contribution is -2.09. The highest BCUT2D eigenvalue weighted by Gasteiger charge is 2.05. The van der Waals surface area contributed by atoms with Crippen molar-refractivity contribution in [3.8, 4) is 0 Å². The minimum atomic E-state index is -0.532. The van der Waals surface area contributed by atoms with Crippen molar-refractivity contribution in [2.45, 2.75) is 6.92 Å². The van der Waals surface area contributed by atoms with Crippen molar-refractivity contribution >= 4 is 40.6 Å².